The van der Waals surface area contributed by atoms with Crippen LogP contribution >= 0.6 is 11.8 Å². The lowest BCUT2D eigenvalue weighted by molar-refractivity contribution is -0.0498. The molecule has 0 saturated carbocycles. The monoisotopic (exact) mass is 376 g/mol. The summed E-state index contributed by atoms with van der Waals surface area (Å²) in [4.78, 5) is 0. The van der Waals surface area contributed by atoms with Gasteiger partial charge < -0.3 is 9.15 Å². The van der Waals surface area contributed by atoms with Crippen LogP contribution < -0.4 is 4.74 Å². The Kier molecular flexibility index (Phi) is 6.22. The summed E-state index contributed by atoms with van der Waals surface area (Å²) >= 11 is 1.41. The fourth-order valence-corrected chi connectivity index (χ4v) is 3.19. The van der Waals surface area contributed by atoms with Gasteiger partial charge in [-0.25, -0.2) is 0 Å². The lowest BCUT2D eigenvalue weighted by Crippen LogP contribution is -2.01. The SMILES string of the molecule is CC(Cc1nnc(SCc2ccc(OC(F)F)cc2)o1)c1ccccc1. The molecular weight excluding hydrogens is 358 g/mol. The predicted molar refractivity (Wildman–Crippen MR) is 95.5 cm³/mol. The van der Waals surface area contributed by atoms with Crippen LogP contribution in [-0.4, -0.2) is 16.8 Å². The van der Waals surface area contributed by atoms with Gasteiger partial charge in [0.2, 0.25) is 5.89 Å². The van der Waals surface area contributed by atoms with Gasteiger partial charge in [0.15, 0.2) is 0 Å². The quantitative estimate of drug-likeness (QED) is 0.499. The van der Waals surface area contributed by atoms with Crippen molar-refractivity contribution in [2.45, 2.75) is 36.8 Å². The molecule has 0 radical (unpaired) electrons. The molecule has 1 aromatic heterocycles. The lowest BCUT2D eigenvalue weighted by atomic mass is 9.98. The maximum Gasteiger partial charge on any atom is 0.387 e. The highest BCUT2D eigenvalue weighted by Crippen LogP contribution is 2.25. The topological polar surface area (TPSA) is 48.2 Å². The van der Waals surface area contributed by atoms with E-state index in [1.165, 1.54) is 29.5 Å². The van der Waals surface area contributed by atoms with E-state index >= 15 is 0 Å². The number of hydrogen-bond acceptors (Lipinski definition) is 5. The molecule has 0 fully saturated rings. The zero-order valence-corrected chi connectivity index (χ0v) is 15.0. The summed E-state index contributed by atoms with van der Waals surface area (Å²) in [5.74, 6) is 1.63. The van der Waals surface area contributed by atoms with Crippen LogP contribution in [0.1, 0.15) is 29.9 Å². The van der Waals surface area contributed by atoms with E-state index in [-0.39, 0.29) is 11.7 Å². The molecule has 2 aromatic carbocycles. The first-order valence-electron chi connectivity index (χ1n) is 8.14. The molecule has 0 N–H and O–H groups in total. The van der Waals surface area contributed by atoms with Gasteiger partial charge in [-0.2, -0.15) is 8.78 Å². The first kappa shape index (κ1) is 18.4. The molecule has 7 heteroatoms. The van der Waals surface area contributed by atoms with Crippen LogP contribution in [0.4, 0.5) is 8.78 Å². The van der Waals surface area contributed by atoms with E-state index in [1.54, 1.807) is 12.1 Å². The molecule has 0 aliphatic heterocycles. The molecule has 1 atom stereocenters. The molecule has 0 aliphatic carbocycles. The van der Waals surface area contributed by atoms with Crippen molar-refractivity contribution in [3.05, 3.63) is 71.6 Å². The summed E-state index contributed by atoms with van der Waals surface area (Å²) < 4.78 is 34.3. The van der Waals surface area contributed by atoms with E-state index in [4.69, 9.17) is 4.42 Å². The molecule has 0 saturated heterocycles. The van der Waals surface area contributed by atoms with Crippen LogP contribution in [-0.2, 0) is 12.2 Å². The van der Waals surface area contributed by atoms with Crippen molar-refractivity contribution in [2.75, 3.05) is 0 Å². The Labute approximate surface area is 154 Å². The lowest BCUT2D eigenvalue weighted by Gasteiger charge is -2.08. The molecule has 0 amide bonds. The zero-order chi connectivity index (χ0) is 18.4. The van der Waals surface area contributed by atoms with Gasteiger partial charge >= 0.3 is 6.61 Å². The number of benzene rings is 2. The molecule has 26 heavy (non-hydrogen) atoms. The van der Waals surface area contributed by atoms with Gasteiger partial charge in [-0.05, 0) is 29.2 Å². The van der Waals surface area contributed by atoms with Crippen molar-refractivity contribution < 1.29 is 17.9 Å². The molecule has 1 heterocycles. The van der Waals surface area contributed by atoms with Gasteiger partial charge in [-0.15, -0.1) is 10.2 Å². The second-order valence-corrected chi connectivity index (χ2v) is 6.72. The van der Waals surface area contributed by atoms with Crippen molar-refractivity contribution >= 4 is 11.8 Å². The van der Waals surface area contributed by atoms with E-state index in [0.29, 0.717) is 23.3 Å². The minimum atomic E-state index is -2.81. The van der Waals surface area contributed by atoms with Gasteiger partial charge in [0, 0.05) is 12.2 Å². The summed E-state index contributed by atoms with van der Waals surface area (Å²) in [6.45, 7) is -0.694. The Morgan fingerprint density at radius 3 is 2.46 bits per heavy atom. The van der Waals surface area contributed by atoms with Crippen LogP contribution in [0.5, 0.6) is 5.75 Å². The highest BCUT2D eigenvalue weighted by atomic mass is 32.2. The number of nitrogens with zero attached hydrogens (tertiary/aromatic N) is 2. The first-order valence-corrected chi connectivity index (χ1v) is 9.12. The Morgan fingerprint density at radius 1 is 1.04 bits per heavy atom. The van der Waals surface area contributed by atoms with Crippen molar-refractivity contribution in [1.82, 2.24) is 10.2 Å². The standard InChI is InChI=1S/C19H18F2N2O2S/c1-13(15-5-3-2-4-6-15)11-17-22-23-19(25-17)26-12-14-7-9-16(10-8-14)24-18(20)21/h2-10,13,18H,11-12H2,1H3. The van der Waals surface area contributed by atoms with Gasteiger partial charge in [-0.1, -0.05) is 61.2 Å². The second kappa shape index (κ2) is 8.80. The molecule has 0 spiro atoms. The van der Waals surface area contributed by atoms with Gasteiger partial charge in [0.1, 0.15) is 5.75 Å². The largest absolute Gasteiger partial charge is 0.435 e. The number of alkyl halides is 2. The Morgan fingerprint density at radius 2 is 1.77 bits per heavy atom. The third-order valence-corrected chi connectivity index (χ3v) is 4.70. The van der Waals surface area contributed by atoms with Gasteiger partial charge in [0.25, 0.3) is 5.22 Å². The molecular formula is C19H18F2N2O2S. The summed E-state index contributed by atoms with van der Waals surface area (Å²) in [6, 6.07) is 16.7. The van der Waals surface area contributed by atoms with Crippen LogP contribution in [0, 0.1) is 0 Å². The number of rotatable bonds is 8. The minimum Gasteiger partial charge on any atom is -0.435 e. The van der Waals surface area contributed by atoms with Crippen LogP contribution in [0.25, 0.3) is 0 Å². The molecule has 4 nitrogen and oxygen atoms in total. The van der Waals surface area contributed by atoms with Crippen molar-refractivity contribution in [3.63, 3.8) is 0 Å². The number of thioether (sulfide) groups is 1. The number of hydrogen-bond donors (Lipinski definition) is 0. The third kappa shape index (κ3) is 5.29. The number of ether oxygens (including phenoxy) is 1. The average molecular weight is 376 g/mol. The second-order valence-electron chi connectivity index (χ2n) is 5.79. The number of aromatic nitrogens is 2. The summed E-state index contributed by atoms with van der Waals surface area (Å²) in [6.07, 6.45) is 0.678. The van der Waals surface area contributed by atoms with Crippen molar-refractivity contribution in [3.8, 4) is 5.75 Å². The van der Waals surface area contributed by atoms with Crippen LogP contribution in [0.15, 0.2) is 64.2 Å². The van der Waals surface area contributed by atoms with E-state index in [2.05, 4.69) is 34.0 Å². The van der Waals surface area contributed by atoms with Crippen molar-refractivity contribution in [2.24, 2.45) is 0 Å². The molecule has 136 valence electrons. The maximum atomic E-state index is 12.1. The van der Waals surface area contributed by atoms with E-state index in [9.17, 15) is 8.78 Å². The van der Waals surface area contributed by atoms with E-state index in [0.717, 1.165) is 5.56 Å². The Balaban J connectivity index is 1.52. The van der Waals surface area contributed by atoms with E-state index < -0.39 is 6.61 Å². The Hall–Kier alpha value is -2.41. The fourth-order valence-electron chi connectivity index (χ4n) is 2.45. The Bertz CT molecular complexity index is 810. The molecule has 3 rings (SSSR count). The minimum absolute atomic E-state index is 0.142. The van der Waals surface area contributed by atoms with Crippen molar-refractivity contribution in [1.29, 1.82) is 0 Å². The summed E-state index contributed by atoms with van der Waals surface area (Å²) in [7, 11) is 0. The van der Waals surface area contributed by atoms with Crippen LogP contribution in [0.3, 0.4) is 0 Å². The number of halogens is 2. The molecule has 0 aliphatic rings. The van der Waals surface area contributed by atoms with Gasteiger partial charge in [-0.3, -0.25) is 0 Å². The molecule has 1 unspecified atom stereocenters. The van der Waals surface area contributed by atoms with Gasteiger partial charge in [0.05, 0.1) is 0 Å². The highest BCUT2D eigenvalue weighted by Gasteiger charge is 2.13. The normalized spacial score (nSPS) is 12.3. The summed E-state index contributed by atoms with van der Waals surface area (Å²) in [5, 5.41) is 8.65. The highest BCUT2D eigenvalue weighted by molar-refractivity contribution is 7.98. The molecule has 3 aromatic rings. The predicted octanol–water partition coefficient (Wildman–Crippen LogP) is 5.31. The van der Waals surface area contributed by atoms with E-state index in [1.807, 2.05) is 18.2 Å². The summed E-state index contributed by atoms with van der Waals surface area (Å²) in [5.41, 5.74) is 2.18. The zero-order valence-electron chi connectivity index (χ0n) is 14.1. The molecule has 0 bridgehead atoms. The average Bonchev–Trinajstić information content (AvgIpc) is 3.09. The fraction of sp³-hybridized carbons (Fsp3) is 0.263. The third-order valence-electron chi connectivity index (χ3n) is 3.81. The smallest absolute Gasteiger partial charge is 0.387 e. The first-order chi connectivity index (χ1) is 12.6. The van der Waals surface area contributed by atoms with Crippen LogP contribution in [0.2, 0.25) is 0 Å². The maximum absolute atomic E-state index is 12.1.